The number of rotatable bonds is 7. The van der Waals surface area contributed by atoms with Crippen LogP contribution in [-0.4, -0.2) is 34.7 Å². The number of amides is 2. The molecule has 0 atom stereocenters. The van der Waals surface area contributed by atoms with E-state index >= 15 is 0 Å². The van der Waals surface area contributed by atoms with Crippen molar-refractivity contribution in [3.8, 4) is 5.69 Å². The topological polar surface area (TPSA) is 67.2 Å². The van der Waals surface area contributed by atoms with Crippen LogP contribution < -0.4 is 10.2 Å². The predicted molar refractivity (Wildman–Crippen MR) is 122 cm³/mol. The van der Waals surface area contributed by atoms with Crippen molar-refractivity contribution in [1.29, 1.82) is 0 Å². The minimum absolute atomic E-state index is 0.0897. The van der Waals surface area contributed by atoms with Crippen molar-refractivity contribution in [3.05, 3.63) is 77.1 Å². The Hall–Kier alpha value is -3.41. The number of hydrogen-bond donors (Lipinski definition) is 1. The van der Waals surface area contributed by atoms with Crippen LogP contribution in [0.1, 0.15) is 58.2 Å². The van der Waals surface area contributed by atoms with Crippen molar-refractivity contribution < 1.29 is 9.59 Å². The average molecular weight is 417 g/mol. The number of carbonyl (C=O) groups is 2. The van der Waals surface area contributed by atoms with Crippen molar-refractivity contribution in [2.45, 2.75) is 45.6 Å². The molecule has 1 N–H and O–H groups in total. The summed E-state index contributed by atoms with van der Waals surface area (Å²) < 4.78 is 1.84. The van der Waals surface area contributed by atoms with E-state index in [9.17, 15) is 9.59 Å². The fraction of sp³-hybridized carbons (Fsp3) is 0.320. The third-order valence-electron chi connectivity index (χ3n) is 5.64. The van der Waals surface area contributed by atoms with E-state index in [0.29, 0.717) is 11.1 Å². The number of carbonyl (C=O) groups excluding carboxylic acids is 2. The summed E-state index contributed by atoms with van der Waals surface area (Å²) in [5.41, 5.74) is 4.64. The fourth-order valence-electron chi connectivity index (χ4n) is 3.72. The van der Waals surface area contributed by atoms with Crippen molar-refractivity contribution in [2.75, 3.05) is 11.9 Å². The summed E-state index contributed by atoms with van der Waals surface area (Å²) in [5, 5.41) is 7.52. The minimum Gasteiger partial charge on any atom is -0.349 e. The fourth-order valence-corrected chi connectivity index (χ4v) is 3.72. The van der Waals surface area contributed by atoms with Crippen molar-refractivity contribution in [1.82, 2.24) is 15.1 Å². The number of nitrogens with one attached hydrogen (secondary N) is 1. The molecule has 160 valence electrons. The molecule has 6 heteroatoms. The standard InChI is InChI=1S/C25H28N4O2/c1-4-8-22-21(16-26-29(22)20-9-6-5-7-10-20)25(31)28(3)23-15-18(12-11-17(23)2)24(30)27-19-13-14-19/h5-7,9-12,15-16,19H,4,8,13-14H2,1-3H3,(H,27,30). The van der Waals surface area contributed by atoms with Crippen LogP contribution in [0.5, 0.6) is 0 Å². The predicted octanol–water partition coefficient (Wildman–Crippen LogP) is 4.30. The summed E-state index contributed by atoms with van der Waals surface area (Å²) >= 11 is 0. The van der Waals surface area contributed by atoms with Gasteiger partial charge < -0.3 is 10.2 Å². The van der Waals surface area contributed by atoms with Gasteiger partial charge in [0, 0.05) is 24.3 Å². The van der Waals surface area contributed by atoms with Crippen LogP contribution in [0.3, 0.4) is 0 Å². The number of nitrogens with zero attached hydrogens (tertiary/aromatic N) is 3. The van der Waals surface area contributed by atoms with E-state index in [1.807, 2.05) is 54.1 Å². The molecule has 1 aliphatic carbocycles. The van der Waals surface area contributed by atoms with E-state index in [1.54, 1.807) is 24.2 Å². The van der Waals surface area contributed by atoms with Crippen LogP contribution in [-0.2, 0) is 6.42 Å². The van der Waals surface area contributed by atoms with Gasteiger partial charge in [-0.3, -0.25) is 9.59 Å². The number of benzene rings is 2. The largest absolute Gasteiger partial charge is 0.349 e. The first kappa shape index (κ1) is 20.8. The van der Waals surface area contributed by atoms with Gasteiger partial charge in [-0.25, -0.2) is 4.68 Å². The Morgan fingerprint density at radius 3 is 2.58 bits per heavy atom. The lowest BCUT2D eigenvalue weighted by Gasteiger charge is -2.21. The molecule has 0 bridgehead atoms. The molecular weight excluding hydrogens is 388 g/mol. The van der Waals surface area contributed by atoms with Gasteiger partial charge in [-0.05, 0) is 56.0 Å². The maximum Gasteiger partial charge on any atom is 0.261 e. The lowest BCUT2D eigenvalue weighted by Crippen LogP contribution is -2.29. The van der Waals surface area contributed by atoms with Crippen LogP contribution >= 0.6 is 0 Å². The Kier molecular flexibility index (Phi) is 5.89. The third-order valence-corrected chi connectivity index (χ3v) is 5.64. The molecule has 1 saturated carbocycles. The van der Waals surface area contributed by atoms with E-state index in [0.717, 1.165) is 48.3 Å². The first-order valence-corrected chi connectivity index (χ1v) is 10.8. The van der Waals surface area contributed by atoms with E-state index in [1.165, 1.54) is 0 Å². The molecule has 1 aromatic heterocycles. The van der Waals surface area contributed by atoms with Gasteiger partial charge in [0.15, 0.2) is 0 Å². The molecule has 6 nitrogen and oxygen atoms in total. The Morgan fingerprint density at radius 1 is 1.16 bits per heavy atom. The van der Waals surface area contributed by atoms with Crippen molar-refractivity contribution >= 4 is 17.5 Å². The SMILES string of the molecule is CCCc1c(C(=O)N(C)c2cc(C(=O)NC3CC3)ccc2C)cnn1-c1ccccc1. The lowest BCUT2D eigenvalue weighted by molar-refractivity contribution is 0.0948. The Bertz CT molecular complexity index is 1100. The summed E-state index contributed by atoms with van der Waals surface area (Å²) in [6.07, 6.45) is 5.36. The molecule has 1 fully saturated rings. The summed E-state index contributed by atoms with van der Waals surface area (Å²) in [6, 6.07) is 15.6. The summed E-state index contributed by atoms with van der Waals surface area (Å²) in [5.74, 6) is -0.221. The maximum atomic E-state index is 13.5. The van der Waals surface area contributed by atoms with Crippen LogP contribution in [0.4, 0.5) is 5.69 Å². The molecular formula is C25H28N4O2. The number of hydrogen-bond acceptors (Lipinski definition) is 3. The second kappa shape index (κ2) is 8.76. The molecule has 31 heavy (non-hydrogen) atoms. The average Bonchev–Trinajstić information content (AvgIpc) is 3.50. The second-order valence-corrected chi connectivity index (χ2v) is 8.12. The quantitative estimate of drug-likeness (QED) is 0.624. The lowest BCUT2D eigenvalue weighted by atomic mass is 10.1. The summed E-state index contributed by atoms with van der Waals surface area (Å²) in [6.45, 7) is 4.04. The van der Waals surface area contributed by atoms with E-state index in [2.05, 4.69) is 17.3 Å². The monoisotopic (exact) mass is 416 g/mol. The summed E-state index contributed by atoms with van der Waals surface area (Å²) in [4.78, 5) is 27.6. The third kappa shape index (κ3) is 4.38. The number of para-hydroxylation sites is 1. The van der Waals surface area contributed by atoms with Gasteiger partial charge in [0.05, 0.1) is 23.1 Å². The Balaban J connectivity index is 1.65. The number of aromatic nitrogens is 2. The molecule has 0 saturated heterocycles. The Morgan fingerprint density at radius 2 is 1.90 bits per heavy atom. The molecule has 0 aliphatic heterocycles. The molecule has 2 aromatic carbocycles. The van der Waals surface area contributed by atoms with Gasteiger partial charge in [0.1, 0.15) is 0 Å². The molecule has 2 amide bonds. The molecule has 1 heterocycles. The normalized spacial score (nSPS) is 13.1. The van der Waals surface area contributed by atoms with Gasteiger partial charge in [-0.1, -0.05) is 37.6 Å². The van der Waals surface area contributed by atoms with Gasteiger partial charge in [0.2, 0.25) is 0 Å². The van der Waals surface area contributed by atoms with Gasteiger partial charge in [-0.15, -0.1) is 0 Å². The molecule has 0 unspecified atom stereocenters. The van der Waals surface area contributed by atoms with Gasteiger partial charge in [-0.2, -0.15) is 5.10 Å². The van der Waals surface area contributed by atoms with E-state index in [-0.39, 0.29) is 17.9 Å². The molecule has 4 rings (SSSR count). The smallest absolute Gasteiger partial charge is 0.261 e. The van der Waals surface area contributed by atoms with Crippen LogP contribution in [0.25, 0.3) is 5.69 Å². The molecule has 3 aromatic rings. The zero-order valence-corrected chi connectivity index (χ0v) is 18.3. The molecule has 0 spiro atoms. The summed E-state index contributed by atoms with van der Waals surface area (Å²) in [7, 11) is 1.75. The van der Waals surface area contributed by atoms with E-state index in [4.69, 9.17) is 0 Å². The molecule has 0 radical (unpaired) electrons. The highest BCUT2D eigenvalue weighted by Gasteiger charge is 2.26. The van der Waals surface area contributed by atoms with E-state index < -0.39 is 0 Å². The highest BCUT2D eigenvalue weighted by atomic mass is 16.2. The minimum atomic E-state index is -0.131. The second-order valence-electron chi connectivity index (χ2n) is 8.12. The number of aryl methyl sites for hydroxylation is 1. The Labute approximate surface area is 182 Å². The maximum absolute atomic E-state index is 13.5. The zero-order valence-electron chi connectivity index (χ0n) is 18.3. The van der Waals surface area contributed by atoms with Crippen LogP contribution in [0.2, 0.25) is 0 Å². The van der Waals surface area contributed by atoms with Gasteiger partial charge >= 0.3 is 0 Å². The molecule has 1 aliphatic rings. The van der Waals surface area contributed by atoms with Crippen molar-refractivity contribution in [3.63, 3.8) is 0 Å². The zero-order chi connectivity index (χ0) is 22.0. The number of anilines is 1. The first-order valence-electron chi connectivity index (χ1n) is 10.8. The van der Waals surface area contributed by atoms with Crippen LogP contribution in [0, 0.1) is 6.92 Å². The van der Waals surface area contributed by atoms with Crippen molar-refractivity contribution in [2.24, 2.45) is 0 Å². The van der Waals surface area contributed by atoms with Gasteiger partial charge in [0.25, 0.3) is 11.8 Å². The van der Waals surface area contributed by atoms with Crippen LogP contribution in [0.15, 0.2) is 54.7 Å². The highest BCUT2D eigenvalue weighted by molar-refractivity contribution is 6.07. The highest BCUT2D eigenvalue weighted by Crippen LogP contribution is 2.26. The first-order chi connectivity index (χ1) is 15.0.